The van der Waals surface area contributed by atoms with Crippen molar-refractivity contribution in [3.05, 3.63) is 109 Å². The zero-order valence-corrected chi connectivity index (χ0v) is 45.5. The molecule has 0 radical (unpaired) electrons. The molecule has 0 aromatic carbocycles. The van der Waals surface area contributed by atoms with Crippen LogP contribution in [0.1, 0.15) is 258 Å². The molecule has 0 N–H and O–H groups in total. The molecule has 0 fully saturated rings. The Labute approximate surface area is 431 Å². The summed E-state index contributed by atoms with van der Waals surface area (Å²) < 4.78 is 16.8. The van der Waals surface area contributed by atoms with Crippen LogP contribution >= 0.6 is 0 Å². The Morgan fingerprint density at radius 2 is 0.614 bits per heavy atom. The predicted molar refractivity (Wildman–Crippen MR) is 302 cm³/mol. The normalized spacial score (nSPS) is 12.9. The molecular formula is C64H106O6. The Bertz CT molecular complexity index is 1440. The Morgan fingerprint density at radius 3 is 1.04 bits per heavy atom. The average molecular weight is 972 g/mol. The molecule has 6 heteroatoms. The van der Waals surface area contributed by atoms with Crippen LogP contribution in [-0.4, -0.2) is 37.2 Å². The largest absolute Gasteiger partial charge is 0.462 e. The number of hydrogen-bond donors (Lipinski definition) is 0. The van der Waals surface area contributed by atoms with Gasteiger partial charge >= 0.3 is 17.9 Å². The molecular weight excluding hydrogens is 865 g/mol. The van der Waals surface area contributed by atoms with Crippen molar-refractivity contribution in [3.63, 3.8) is 0 Å². The molecule has 0 aliphatic carbocycles. The van der Waals surface area contributed by atoms with E-state index in [0.29, 0.717) is 19.3 Å². The molecule has 0 rings (SSSR count). The van der Waals surface area contributed by atoms with E-state index in [-0.39, 0.29) is 31.1 Å². The summed E-state index contributed by atoms with van der Waals surface area (Å²) in [6.45, 7) is 6.45. The minimum absolute atomic E-state index is 0.101. The SMILES string of the molecule is CC/C=C\C/C=C\C/C=C\CCCCCCCCC(=O)OCC(COC(=O)CCCCCCC\C=C/C=C\C=C/C=C\CCCCC)OC(=O)CCCCCCC/C=C\C=C/CCCCCCCCC. The number of allylic oxidation sites excluding steroid dienone is 18. The van der Waals surface area contributed by atoms with Gasteiger partial charge < -0.3 is 14.2 Å². The molecule has 0 saturated heterocycles. The van der Waals surface area contributed by atoms with Crippen LogP contribution in [-0.2, 0) is 28.6 Å². The number of esters is 3. The lowest BCUT2D eigenvalue weighted by molar-refractivity contribution is -0.167. The first-order valence-corrected chi connectivity index (χ1v) is 29.0. The van der Waals surface area contributed by atoms with Crippen molar-refractivity contribution in [1.29, 1.82) is 0 Å². The maximum Gasteiger partial charge on any atom is 0.306 e. The summed E-state index contributed by atoms with van der Waals surface area (Å²) in [4.78, 5) is 38.2. The fourth-order valence-corrected chi connectivity index (χ4v) is 7.75. The second kappa shape index (κ2) is 57.6. The molecule has 0 aromatic heterocycles. The van der Waals surface area contributed by atoms with Crippen LogP contribution in [0.25, 0.3) is 0 Å². The average Bonchev–Trinajstić information content (AvgIpc) is 3.36. The molecule has 6 nitrogen and oxygen atoms in total. The third-order valence-corrected chi connectivity index (χ3v) is 12.1. The van der Waals surface area contributed by atoms with Crippen molar-refractivity contribution in [2.45, 2.75) is 264 Å². The first-order chi connectivity index (χ1) is 34.5. The predicted octanol–water partition coefficient (Wildman–Crippen LogP) is 19.5. The van der Waals surface area contributed by atoms with Crippen LogP contribution in [0.15, 0.2) is 109 Å². The Hall–Kier alpha value is -3.93. The summed E-state index contributed by atoms with van der Waals surface area (Å²) in [7, 11) is 0. The highest BCUT2D eigenvalue weighted by Crippen LogP contribution is 2.14. The van der Waals surface area contributed by atoms with Gasteiger partial charge in [0, 0.05) is 19.3 Å². The molecule has 0 heterocycles. The van der Waals surface area contributed by atoms with Gasteiger partial charge in [-0.2, -0.15) is 0 Å². The van der Waals surface area contributed by atoms with Gasteiger partial charge in [-0.3, -0.25) is 14.4 Å². The fourth-order valence-electron chi connectivity index (χ4n) is 7.75. The molecule has 0 amide bonds. The second-order valence-electron chi connectivity index (χ2n) is 18.9. The fraction of sp³-hybridized carbons (Fsp3) is 0.672. The highest BCUT2D eigenvalue weighted by atomic mass is 16.6. The summed E-state index contributed by atoms with van der Waals surface area (Å²) >= 11 is 0. The minimum atomic E-state index is -0.805. The van der Waals surface area contributed by atoms with Crippen LogP contribution < -0.4 is 0 Å². The van der Waals surface area contributed by atoms with E-state index < -0.39 is 6.10 Å². The van der Waals surface area contributed by atoms with Gasteiger partial charge in [0.25, 0.3) is 0 Å². The molecule has 0 bridgehead atoms. The van der Waals surface area contributed by atoms with E-state index in [1.807, 2.05) is 0 Å². The van der Waals surface area contributed by atoms with E-state index in [1.165, 1.54) is 83.5 Å². The van der Waals surface area contributed by atoms with Gasteiger partial charge in [0.1, 0.15) is 13.2 Å². The molecule has 1 atom stereocenters. The van der Waals surface area contributed by atoms with Crippen molar-refractivity contribution >= 4 is 17.9 Å². The second-order valence-corrected chi connectivity index (χ2v) is 18.9. The van der Waals surface area contributed by atoms with E-state index in [2.05, 4.69) is 130 Å². The van der Waals surface area contributed by atoms with Crippen LogP contribution in [0.2, 0.25) is 0 Å². The highest BCUT2D eigenvalue weighted by molar-refractivity contribution is 5.71. The Morgan fingerprint density at radius 1 is 0.314 bits per heavy atom. The lowest BCUT2D eigenvalue weighted by atomic mass is 10.1. The molecule has 398 valence electrons. The van der Waals surface area contributed by atoms with Gasteiger partial charge in [-0.15, -0.1) is 0 Å². The van der Waals surface area contributed by atoms with Gasteiger partial charge in [0.2, 0.25) is 0 Å². The van der Waals surface area contributed by atoms with Crippen molar-refractivity contribution in [1.82, 2.24) is 0 Å². The smallest absolute Gasteiger partial charge is 0.306 e. The summed E-state index contributed by atoms with van der Waals surface area (Å²) in [5, 5.41) is 0. The monoisotopic (exact) mass is 971 g/mol. The van der Waals surface area contributed by atoms with Crippen molar-refractivity contribution in [2.75, 3.05) is 13.2 Å². The van der Waals surface area contributed by atoms with Crippen LogP contribution in [0, 0.1) is 0 Å². The third-order valence-electron chi connectivity index (χ3n) is 12.1. The summed E-state index contributed by atoms with van der Waals surface area (Å²) in [6.07, 6.45) is 77.8. The highest BCUT2D eigenvalue weighted by Gasteiger charge is 2.19. The minimum Gasteiger partial charge on any atom is -0.462 e. The van der Waals surface area contributed by atoms with E-state index in [0.717, 1.165) is 135 Å². The number of hydrogen-bond acceptors (Lipinski definition) is 6. The zero-order chi connectivity index (χ0) is 50.7. The van der Waals surface area contributed by atoms with Crippen molar-refractivity contribution < 1.29 is 28.6 Å². The van der Waals surface area contributed by atoms with Crippen molar-refractivity contribution in [3.8, 4) is 0 Å². The molecule has 0 aliphatic heterocycles. The van der Waals surface area contributed by atoms with E-state index in [9.17, 15) is 14.4 Å². The van der Waals surface area contributed by atoms with Gasteiger partial charge in [-0.1, -0.05) is 246 Å². The van der Waals surface area contributed by atoms with Gasteiger partial charge in [-0.25, -0.2) is 0 Å². The zero-order valence-electron chi connectivity index (χ0n) is 45.5. The maximum atomic E-state index is 12.9. The van der Waals surface area contributed by atoms with E-state index >= 15 is 0 Å². The van der Waals surface area contributed by atoms with Crippen LogP contribution in [0.5, 0.6) is 0 Å². The standard InChI is InChI=1S/C64H106O6/c1-4-7-10-13-16-19-22-25-28-31-33-36-39-42-45-48-51-54-57-63(66)69-60-61(59-68-62(65)56-53-50-47-44-41-38-35-30-27-24-21-18-15-12-9-6-3)70-64(67)58-55-52-49-46-43-40-37-34-32-29-26-23-20-17-14-11-8-5-2/h9,12,16,18-19,21-22,25,27-34,36-37,61H,4-8,10-11,13-15,17,20,23-24,26,35,38-60H2,1-3H3/b12-9-,19-16-,21-18-,25-22-,30-27-,31-28-,32-29-,36-33-,37-34-. The molecule has 1 unspecified atom stereocenters. The Balaban J connectivity index is 4.50. The summed E-state index contributed by atoms with van der Waals surface area (Å²) in [5.41, 5.74) is 0. The number of rotatable bonds is 51. The first-order valence-electron chi connectivity index (χ1n) is 29.0. The number of carbonyl (C=O) groups is 3. The number of carbonyl (C=O) groups excluding carboxylic acids is 3. The quantitative estimate of drug-likeness (QED) is 0.0199. The molecule has 0 aliphatic rings. The van der Waals surface area contributed by atoms with E-state index in [1.54, 1.807) is 0 Å². The molecule has 0 spiro atoms. The third kappa shape index (κ3) is 55.0. The number of ether oxygens (including phenoxy) is 3. The lowest BCUT2D eigenvalue weighted by Gasteiger charge is -2.18. The molecule has 0 saturated carbocycles. The topological polar surface area (TPSA) is 78.9 Å². The van der Waals surface area contributed by atoms with Crippen LogP contribution in [0.4, 0.5) is 0 Å². The van der Waals surface area contributed by atoms with E-state index in [4.69, 9.17) is 14.2 Å². The summed E-state index contributed by atoms with van der Waals surface area (Å²) in [6, 6.07) is 0. The van der Waals surface area contributed by atoms with Gasteiger partial charge in [0.05, 0.1) is 0 Å². The first kappa shape index (κ1) is 66.1. The van der Waals surface area contributed by atoms with Crippen molar-refractivity contribution in [2.24, 2.45) is 0 Å². The molecule has 0 aromatic rings. The lowest BCUT2D eigenvalue weighted by Crippen LogP contribution is -2.30. The summed E-state index contributed by atoms with van der Waals surface area (Å²) in [5.74, 6) is -0.950. The molecule has 70 heavy (non-hydrogen) atoms. The van der Waals surface area contributed by atoms with Crippen LogP contribution in [0.3, 0.4) is 0 Å². The number of unbranched alkanes of at least 4 members (excludes halogenated alkanes) is 26. The van der Waals surface area contributed by atoms with Gasteiger partial charge in [-0.05, 0) is 103 Å². The van der Waals surface area contributed by atoms with Gasteiger partial charge in [0.15, 0.2) is 6.10 Å². The maximum absolute atomic E-state index is 12.9. The Kier molecular flexibility index (Phi) is 54.4.